The van der Waals surface area contributed by atoms with E-state index in [1.807, 2.05) is 4.90 Å². The number of hydrogen-bond acceptors (Lipinski definition) is 4. The van der Waals surface area contributed by atoms with E-state index < -0.39 is 11.9 Å². The highest BCUT2D eigenvalue weighted by molar-refractivity contribution is 7.11. The van der Waals surface area contributed by atoms with Gasteiger partial charge in [0.25, 0.3) is 0 Å². The van der Waals surface area contributed by atoms with E-state index in [-0.39, 0.29) is 18.4 Å². The molecule has 0 spiro atoms. The molecule has 1 aromatic heterocycles. The summed E-state index contributed by atoms with van der Waals surface area (Å²) in [6.45, 7) is 3.32. The molecule has 0 bridgehead atoms. The fourth-order valence-corrected chi connectivity index (χ4v) is 3.01. The van der Waals surface area contributed by atoms with Gasteiger partial charge in [-0.1, -0.05) is 0 Å². The highest BCUT2D eigenvalue weighted by atomic mass is 35.5. The Morgan fingerprint density at radius 2 is 2.17 bits per heavy atom. The summed E-state index contributed by atoms with van der Waals surface area (Å²) in [7, 11) is 0. The average molecular weight is 302 g/mol. The molecule has 1 aliphatic heterocycles. The maximum absolute atomic E-state index is 12.7. The number of likely N-dealkylation sites (tertiary alicyclic amines) is 1. The standard InChI is InChI=1S/C10H14F3N3S.ClH/c1-6-15-9(10(11,12)13)8(17-6)5-16-3-2-7(14)4-16;/h7H,2-5,14H2,1H3;1H. The van der Waals surface area contributed by atoms with Crippen molar-refractivity contribution in [3.8, 4) is 0 Å². The molecule has 1 atom stereocenters. The van der Waals surface area contributed by atoms with Gasteiger partial charge in [-0.2, -0.15) is 13.2 Å². The number of thiazole rings is 1. The number of rotatable bonds is 2. The second-order valence-electron chi connectivity index (χ2n) is 4.29. The lowest BCUT2D eigenvalue weighted by atomic mass is 10.3. The third-order valence-electron chi connectivity index (χ3n) is 2.75. The molecule has 3 nitrogen and oxygen atoms in total. The minimum Gasteiger partial charge on any atom is -0.326 e. The Morgan fingerprint density at radius 3 is 2.67 bits per heavy atom. The minimum absolute atomic E-state index is 0. The Labute approximate surface area is 114 Å². The smallest absolute Gasteiger partial charge is 0.326 e. The first-order valence-corrected chi connectivity index (χ1v) is 6.19. The third-order valence-corrected chi connectivity index (χ3v) is 3.70. The highest BCUT2D eigenvalue weighted by Gasteiger charge is 2.37. The van der Waals surface area contributed by atoms with Gasteiger partial charge in [0.1, 0.15) is 0 Å². The molecular formula is C10H15ClF3N3S. The van der Waals surface area contributed by atoms with Crippen molar-refractivity contribution in [2.45, 2.75) is 32.1 Å². The summed E-state index contributed by atoms with van der Waals surface area (Å²) in [5, 5.41) is 0.454. The van der Waals surface area contributed by atoms with Crippen LogP contribution in [0.3, 0.4) is 0 Å². The largest absolute Gasteiger partial charge is 0.434 e. The molecule has 2 heterocycles. The normalized spacial score (nSPS) is 21.1. The molecule has 2 rings (SSSR count). The van der Waals surface area contributed by atoms with Crippen LogP contribution in [0, 0.1) is 6.92 Å². The van der Waals surface area contributed by atoms with Crippen LogP contribution in [0.25, 0.3) is 0 Å². The summed E-state index contributed by atoms with van der Waals surface area (Å²) in [6, 6.07) is 0.0818. The van der Waals surface area contributed by atoms with Crippen LogP contribution in [-0.2, 0) is 12.7 Å². The van der Waals surface area contributed by atoms with Gasteiger partial charge in [0.2, 0.25) is 0 Å². The highest BCUT2D eigenvalue weighted by Crippen LogP contribution is 2.35. The number of nitrogens with two attached hydrogens (primary N) is 1. The number of aryl methyl sites for hydroxylation is 1. The van der Waals surface area contributed by atoms with E-state index in [0.717, 1.165) is 24.3 Å². The van der Waals surface area contributed by atoms with Gasteiger partial charge in [-0.25, -0.2) is 4.98 Å². The van der Waals surface area contributed by atoms with Gasteiger partial charge in [0, 0.05) is 25.7 Å². The molecule has 1 saturated heterocycles. The van der Waals surface area contributed by atoms with E-state index in [2.05, 4.69) is 4.98 Å². The van der Waals surface area contributed by atoms with Crippen molar-refractivity contribution >= 4 is 23.7 Å². The van der Waals surface area contributed by atoms with Gasteiger partial charge < -0.3 is 5.73 Å². The summed E-state index contributed by atoms with van der Waals surface area (Å²) < 4.78 is 38.1. The van der Waals surface area contributed by atoms with Gasteiger partial charge in [0.05, 0.1) is 9.88 Å². The zero-order valence-corrected chi connectivity index (χ0v) is 11.5. The summed E-state index contributed by atoms with van der Waals surface area (Å²) in [5.74, 6) is 0. The molecule has 0 aromatic carbocycles. The lowest BCUT2D eigenvalue weighted by Crippen LogP contribution is -2.26. The van der Waals surface area contributed by atoms with Crippen molar-refractivity contribution in [1.82, 2.24) is 9.88 Å². The molecule has 1 aromatic rings. The van der Waals surface area contributed by atoms with Crippen LogP contribution in [0.15, 0.2) is 0 Å². The van der Waals surface area contributed by atoms with Gasteiger partial charge in [0.15, 0.2) is 5.69 Å². The van der Waals surface area contributed by atoms with Gasteiger partial charge >= 0.3 is 6.18 Å². The molecule has 104 valence electrons. The molecule has 1 aliphatic rings. The lowest BCUT2D eigenvalue weighted by Gasteiger charge is -2.15. The zero-order valence-electron chi connectivity index (χ0n) is 9.83. The van der Waals surface area contributed by atoms with Crippen LogP contribution in [0.1, 0.15) is 22.0 Å². The minimum atomic E-state index is -4.36. The second kappa shape index (κ2) is 5.73. The van der Waals surface area contributed by atoms with Crippen LogP contribution < -0.4 is 5.73 Å². The number of nitrogens with zero attached hydrogens (tertiary/aromatic N) is 2. The van der Waals surface area contributed by atoms with E-state index >= 15 is 0 Å². The molecule has 0 amide bonds. The molecule has 2 N–H and O–H groups in total. The molecule has 1 unspecified atom stereocenters. The van der Waals surface area contributed by atoms with E-state index in [4.69, 9.17) is 5.73 Å². The third kappa shape index (κ3) is 3.57. The number of aromatic nitrogens is 1. The average Bonchev–Trinajstić information content (AvgIpc) is 2.72. The molecule has 0 saturated carbocycles. The summed E-state index contributed by atoms with van der Waals surface area (Å²) in [6.07, 6.45) is -3.51. The molecular weight excluding hydrogens is 287 g/mol. The van der Waals surface area contributed by atoms with E-state index in [9.17, 15) is 13.2 Å². The fraction of sp³-hybridized carbons (Fsp3) is 0.700. The maximum Gasteiger partial charge on any atom is 0.434 e. The molecule has 0 radical (unpaired) electrons. The van der Waals surface area contributed by atoms with Crippen molar-refractivity contribution in [1.29, 1.82) is 0 Å². The quantitative estimate of drug-likeness (QED) is 0.912. The monoisotopic (exact) mass is 301 g/mol. The van der Waals surface area contributed by atoms with Crippen molar-refractivity contribution in [3.63, 3.8) is 0 Å². The van der Waals surface area contributed by atoms with Crippen LogP contribution in [-0.4, -0.2) is 29.0 Å². The van der Waals surface area contributed by atoms with Crippen LogP contribution in [0.4, 0.5) is 13.2 Å². The van der Waals surface area contributed by atoms with E-state index in [1.54, 1.807) is 6.92 Å². The van der Waals surface area contributed by atoms with Gasteiger partial charge in [-0.15, -0.1) is 23.7 Å². The van der Waals surface area contributed by atoms with Crippen LogP contribution in [0.2, 0.25) is 0 Å². The predicted molar refractivity (Wildman–Crippen MR) is 67.0 cm³/mol. The Balaban J connectivity index is 0.00000162. The first-order valence-electron chi connectivity index (χ1n) is 5.37. The van der Waals surface area contributed by atoms with Crippen molar-refractivity contribution in [2.24, 2.45) is 5.73 Å². The van der Waals surface area contributed by atoms with E-state index in [0.29, 0.717) is 23.0 Å². The van der Waals surface area contributed by atoms with Crippen LogP contribution >= 0.6 is 23.7 Å². The maximum atomic E-state index is 12.7. The topological polar surface area (TPSA) is 42.2 Å². The number of alkyl halides is 3. The Bertz CT molecular complexity index is 408. The SMILES string of the molecule is Cc1nc(C(F)(F)F)c(CN2CCC(N)C2)s1.Cl. The summed E-state index contributed by atoms with van der Waals surface area (Å²) in [4.78, 5) is 5.83. The lowest BCUT2D eigenvalue weighted by molar-refractivity contribution is -0.141. The second-order valence-corrected chi connectivity index (χ2v) is 5.57. The molecule has 0 aliphatic carbocycles. The Kier molecular flexibility index (Phi) is 4.99. The summed E-state index contributed by atoms with van der Waals surface area (Å²) >= 11 is 1.12. The molecule has 18 heavy (non-hydrogen) atoms. The molecule has 1 fully saturated rings. The first-order chi connectivity index (χ1) is 7.86. The van der Waals surface area contributed by atoms with Crippen molar-refractivity contribution in [2.75, 3.05) is 13.1 Å². The number of hydrogen-bond donors (Lipinski definition) is 1. The van der Waals surface area contributed by atoms with Crippen molar-refractivity contribution < 1.29 is 13.2 Å². The first kappa shape index (κ1) is 15.7. The zero-order chi connectivity index (χ0) is 12.6. The number of halogens is 4. The van der Waals surface area contributed by atoms with Crippen LogP contribution in [0.5, 0.6) is 0 Å². The van der Waals surface area contributed by atoms with Gasteiger partial charge in [-0.3, -0.25) is 4.90 Å². The van der Waals surface area contributed by atoms with Gasteiger partial charge in [-0.05, 0) is 13.3 Å². The predicted octanol–water partition coefficient (Wildman–Crippen LogP) is 2.43. The summed E-state index contributed by atoms with van der Waals surface area (Å²) in [5.41, 5.74) is 5.00. The van der Waals surface area contributed by atoms with Crippen molar-refractivity contribution in [3.05, 3.63) is 15.6 Å². The molecule has 8 heteroatoms. The Hall–Kier alpha value is -0.370. The fourth-order valence-electron chi connectivity index (χ4n) is 2.01. The Morgan fingerprint density at radius 1 is 1.50 bits per heavy atom. The van der Waals surface area contributed by atoms with E-state index in [1.165, 1.54) is 0 Å².